The topological polar surface area (TPSA) is 59.8 Å². The Morgan fingerprint density at radius 3 is 2.62 bits per heavy atom. The Labute approximate surface area is 188 Å². The molecule has 1 aromatic carbocycles. The Morgan fingerprint density at radius 1 is 0.938 bits per heavy atom. The molecule has 5 heteroatoms. The molecule has 5 nitrogen and oxygen atoms in total. The second-order valence-electron chi connectivity index (χ2n) is 7.79. The van der Waals surface area contributed by atoms with Gasteiger partial charge in [0.15, 0.2) is 0 Å². The summed E-state index contributed by atoms with van der Waals surface area (Å²) in [5.41, 5.74) is 4.39. The van der Waals surface area contributed by atoms with Crippen molar-refractivity contribution in [3.05, 3.63) is 90.9 Å². The maximum atomic E-state index is 11.9. The summed E-state index contributed by atoms with van der Waals surface area (Å²) in [7, 11) is 0. The predicted molar refractivity (Wildman–Crippen MR) is 130 cm³/mol. The molecule has 0 bridgehead atoms. The van der Waals surface area contributed by atoms with E-state index < -0.39 is 0 Å². The van der Waals surface area contributed by atoms with E-state index >= 15 is 0 Å². The molecule has 4 aromatic rings. The zero-order chi connectivity index (χ0) is 22.0. The largest absolute Gasteiger partial charge is 0.353 e. The van der Waals surface area contributed by atoms with Crippen molar-refractivity contribution >= 4 is 23.0 Å². The number of pyridine rings is 2. The van der Waals surface area contributed by atoms with Crippen molar-refractivity contribution in [2.24, 2.45) is 0 Å². The average Bonchev–Trinajstić information content (AvgIpc) is 3.22. The summed E-state index contributed by atoms with van der Waals surface area (Å²) < 4.78 is 2.33. The van der Waals surface area contributed by atoms with E-state index in [0.717, 1.165) is 43.4 Å². The summed E-state index contributed by atoms with van der Waals surface area (Å²) in [5.74, 6) is -0.0637. The number of fused-ring (bicyclic) bond motifs is 1. The number of unbranched alkanes of at least 4 members (excludes halogenated alkanes) is 3. The van der Waals surface area contributed by atoms with Crippen LogP contribution < -0.4 is 5.32 Å². The van der Waals surface area contributed by atoms with Gasteiger partial charge in [0.1, 0.15) is 5.65 Å². The van der Waals surface area contributed by atoms with Crippen LogP contribution in [0.2, 0.25) is 0 Å². The quantitative estimate of drug-likeness (QED) is 0.271. The van der Waals surface area contributed by atoms with E-state index in [1.807, 2.05) is 30.5 Å². The van der Waals surface area contributed by atoms with Crippen molar-refractivity contribution < 1.29 is 4.79 Å². The van der Waals surface area contributed by atoms with Gasteiger partial charge in [-0.1, -0.05) is 49.2 Å². The molecule has 1 N–H and O–H groups in total. The maximum Gasteiger partial charge on any atom is 0.243 e. The Bertz CT molecular complexity index is 1170. The number of aryl methyl sites for hydroxylation is 1. The van der Waals surface area contributed by atoms with Crippen LogP contribution in [-0.2, 0) is 11.3 Å². The fourth-order valence-electron chi connectivity index (χ4n) is 3.83. The lowest BCUT2D eigenvalue weighted by molar-refractivity contribution is -0.116. The van der Waals surface area contributed by atoms with Gasteiger partial charge in [0, 0.05) is 43.1 Å². The number of hydrogen-bond acceptors (Lipinski definition) is 3. The molecular formula is C27H28N4O. The third kappa shape index (κ3) is 5.70. The van der Waals surface area contributed by atoms with Crippen molar-refractivity contribution in [1.29, 1.82) is 0 Å². The van der Waals surface area contributed by atoms with Crippen LogP contribution in [0, 0.1) is 0 Å². The molecule has 3 aromatic heterocycles. The zero-order valence-corrected chi connectivity index (χ0v) is 18.2. The van der Waals surface area contributed by atoms with Gasteiger partial charge < -0.3 is 9.88 Å². The van der Waals surface area contributed by atoms with Gasteiger partial charge in [-0.05, 0) is 54.3 Å². The first-order valence-corrected chi connectivity index (χ1v) is 11.2. The number of nitrogens with zero attached hydrogens (tertiary/aromatic N) is 3. The van der Waals surface area contributed by atoms with Crippen molar-refractivity contribution in [3.63, 3.8) is 0 Å². The van der Waals surface area contributed by atoms with Crippen LogP contribution in [0.3, 0.4) is 0 Å². The normalized spacial score (nSPS) is 11.2. The summed E-state index contributed by atoms with van der Waals surface area (Å²) in [6.45, 7) is 1.63. The van der Waals surface area contributed by atoms with Crippen LogP contribution >= 0.6 is 0 Å². The minimum Gasteiger partial charge on any atom is -0.353 e. The molecule has 0 atom stereocenters. The first-order valence-electron chi connectivity index (χ1n) is 11.2. The summed E-state index contributed by atoms with van der Waals surface area (Å²) in [6.07, 6.45) is 12.9. The van der Waals surface area contributed by atoms with Gasteiger partial charge in [0.25, 0.3) is 0 Å². The minimum atomic E-state index is -0.0637. The average molecular weight is 425 g/mol. The molecule has 3 heterocycles. The van der Waals surface area contributed by atoms with Crippen LogP contribution in [0.1, 0.15) is 31.2 Å². The maximum absolute atomic E-state index is 11.9. The molecule has 0 aliphatic carbocycles. The highest BCUT2D eigenvalue weighted by atomic mass is 16.1. The van der Waals surface area contributed by atoms with Gasteiger partial charge >= 0.3 is 0 Å². The molecule has 32 heavy (non-hydrogen) atoms. The smallest absolute Gasteiger partial charge is 0.243 e. The first-order chi connectivity index (χ1) is 15.8. The Morgan fingerprint density at radius 2 is 1.78 bits per heavy atom. The fourth-order valence-corrected chi connectivity index (χ4v) is 3.83. The number of rotatable bonds is 10. The highest BCUT2D eigenvalue weighted by molar-refractivity contribution is 5.91. The first kappa shape index (κ1) is 21.5. The zero-order valence-electron chi connectivity index (χ0n) is 18.2. The lowest BCUT2D eigenvalue weighted by atomic mass is 10.1. The third-order valence-electron chi connectivity index (χ3n) is 5.44. The summed E-state index contributed by atoms with van der Waals surface area (Å²) in [5, 5.41) is 4.13. The number of nitrogens with one attached hydrogen (secondary N) is 1. The second-order valence-corrected chi connectivity index (χ2v) is 7.79. The van der Waals surface area contributed by atoms with Crippen LogP contribution in [0.4, 0.5) is 0 Å². The Hall–Kier alpha value is -3.73. The lowest BCUT2D eigenvalue weighted by Gasteiger charge is -2.10. The summed E-state index contributed by atoms with van der Waals surface area (Å²) >= 11 is 0. The van der Waals surface area contributed by atoms with Gasteiger partial charge in [-0.15, -0.1) is 0 Å². The minimum absolute atomic E-state index is 0.0637. The van der Waals surface area contributed by atoms with E-state index in [1.165, 1.54) is 16.6 Å². The molecule has 0 fully saturated rings. The number of aromatic nitrogens is 3. The SMILES string of the molecule is O=C(/C=C/c1cccnc1)NCCCCCCn1c(-c2ccccc2)cc2cccnc21. The molecule has 0 aliphatic heterocycles. The molecule has 0 radical (unpaired) electrons. The highest BCUT2D eigenvalue weighted by Crippen LogP contribution is 2.27. The Balaban J connectivity index is 1.23. The van der Waals surface area contributed by atoms with Gasteiger partial charge in [0.05, 0.1) is 5.69 Å². The van der Waals surface area contributed by atoms with Crippen molar-refractivity contribution in [1.82, 2.24) is 19.9 Å². The summed E-state index contributed by atoms with van der Waals surface area (Å²) in [4.78, 5) is 20.6. The third-order valence-corrected chi connectivity index (χ3v) is 5.44. The molecule has 4 rings (SSSR count). The molecule has 0 spiro atoms. The molecular weight excluding hydrogens is 396 g/mol. The standard InChI is InChI=1S/C27H28N4O/c32-26(15-14-22-10-8-16-28-21-22)29-17-6-1-2-7-19-31-25(23-11-4-3-5-12-23)20-24-13-9-18-30-27(24)31/h3-5,8-16,18,20-21H,1-2,6-7,17,19H2,(H,29,32)/b15-14+. The number of hydrogen-bond donors (Lipinski definition) is 1. The van der Waals surface area contributed by atoms with E-state index in [1.54, 1.807) is 24.5 Å². The Kier molecular flexibility index (Phi) is 7.42. The van der Waals surface area contributed by atoms with Crippen LogP contribution in [0.5, 0.6) is 0 Å². The van der Waals surface area contributed by atoms with Crippen molar-refractivity contribution in [3.8, 4) is 11.3 Å². The van der Waals surface area contributed by atoms with E-state index in [0.29, 0.717) is 6.54 Å². The van der Waals surface area contributed by atoms with Crippen LogP contribution in [-0.4, -0.2) is 27.0 Å². The van der Waals surface area contributed by atoms with Gasteiger partial charge in [0.2, 0.25) is 5.91 Å². The molecule has 0 unspecified atom stereocenters. The number of carbonyl (C=O) groups excluding carboxylic acids is 1. The number of carbonyl (C=O) groups is 1. The van der Waals surface area contributed by atoms with E-state index in [2.05, 4.69) is 56.3 Å². The summed E-state index contributed by atoms with van der Waals surface area (Å²) in [6, 6.07) is 20.6. The molecule has 1 amide bonds. The van der Waals surface area contributed by atoms with E-state index in [-0.39, 0.29) is 5.91 Å². The second kappa shape index (κ2) is 11.0. The van der Waals surface area contributed by atoms with Crippen LogP contribution in [0.25, 0.3) is 28.4 Å². The molecule has 0 saturated carbocycles. The van der Waals surface area contributed by atoms with Crippen molar-refractivity contribution in [2.45, 2.75) is 32.2 Å². The van der Waals surface area contributed by atoms with E-state index in [4.69, 9.17) is 0 Å². The number of amides is 1. The van der Waals surface area contributed by atoms with Gasteiger partial charge in [-0.25, -0.2) is 4.98 Å². The van der Waals surface area contributed by atoms with Crippen LogP contribution in [0.15, 0.2) is 85.3 Å². The predicted octanol–water partition coefficient (Wildman–Crippen LogP) is 5.49. The van der Waals surface area contributed by atoms with Crippen molar-refractivity contribution in [2.75, 3.05) is 6.54 Å². The molecule has 162 valence electrons. The molecule has 0 saturated heterocycles. The van der Waals surface area contributed by atoms with E-state index in [9.17, 15) is 4.79 Å². The lowest BCUT2D eigenvalue weighted by Crippen LogP contribution is -2.21. The van der Waals surface area contributed by atoms with Gasteiger partial charge in [-0.3, -0.25) is 9.78 Å². The monoisotopic (exact) mass is 424 g/mol. The number of benzene rings is 1. The fraction of sp³-hybridized carbons (Fsp3) is 0.222. The highest BCUT2D eigenvalue weighted by Gasteiger charge is 2.11. The molecule has 0 aliphatic rings. The van der Waals surface area contributed by atoms with Gasteiger partial charge in [-0.2, -0.15) is 0 Å².